The van der Waals surface area contributed by atoms with Crippen LogP contribution >= 0.6 is 0 Å². The summed E-state index contributed by atoms with van der Waals surface area (Å²) in [5.74, 6) is 1.56. The summed E-state index contributed by atoms with van der Waals surface area (Å²) in [5.41, 5.74) is 0. The number of hydrogen-bond donors (Lipinski definition) is 2. The van der Waals surface area contributed by atoms with Crippen LogP contribution < -0.4 is 10.6 Å². The van der Waals surface area contributed by atoms with Gasteiger partial charge in [0.05, 0.1) is 6.61 Å². The molecule has 0 heterocycles. The van der Waals surface area contributed by atoms with Gasteiger partial charge < -0.3 is 15.4 Å². The van der Waals surface area contributed by atoms with Crippen LogP contribution in [0.4, 0.5) is 0 Å². The van der Waals surface area contributed by atoms with Crippen LogP contribution in [0.5, 0.6) is 0 Å². The van der Waals surface area contributed by atoms with Crippen LogP contribution in [0, 0.1) is 5.92 Å². The highest BCUT2D eigenvalue weighted by molar-refractivity contribution is 5.79. The zero-order valence-corrected chi connectivity index (χ0v) is 10.6. The van der Waals surface area contributed by atoms with E-state index in [1.54, 1.807) is 14.2 Å². The molecule has 1 unspecified atom stereocenters. The van der Waals surface area contributed by atoms with Gasteiger partial charge in [0.2, 0.25) is 0 Å². The molecule has 0 saturated heterocycles. The molecule has 0 radical (unpaired) electrons. The summed E-state index contributed by atoms with van der Waals surface area (Å²) in [4.78, 5) is 4.15. The first kappa shape index (κ1) is 14.2. The summed E-state index contributed by atoms with van der Waals surface area (Å²) in [6.45, 7) is 8.14. The predicted molar refractivity (Wildman–Crippen MR) is 65.3 cm³/mol. The average molecular weight is 215 g/mol. The van der Waals surface area contributed by atoms with Crippen LogP contribution in [-0.2, 0) is 4.74 Å². The molecule has 15 heavy (non-hydrogen) atoms. The lowest BCUT2D eigenvalue weighted by molar-refractivity contribution is 0.179. The molecule has 0 rings (SSSR count). The van der Waals surface area contributed by atoms with Gasteiger partial charge in [0.1, 0.15) is 0 Å². The molecule has 0 aliphatic carbocycles. The van der Waals surface area contributed by atoms with Gasteiger partial charge in [-0.05, 0) is 19.3 Å². The maximum absolute atomic E-state index is 5.05. The fourth-order valence-corrected chi connectivity index (χ4v) is 1.20. The van der Waals surface area contributed by atoms with E-state index in [1.165, 1.54) is 0 Å². The molecule has 0 saturated carbocycles. The molecule has 0 aromatic heterocycles. The second-order valence-electron chi connectivity index (χ2n) is 4.18. The van der Waals surface area contributed by atoms with Gasteiger partial charge in [-0.25, -0.2) is 0 Å². The van der Waals surface area contributed by atoms with Crippen molar-refractivity contribution in [2.75, 3.05) is 27.3 Å². The van der Waals surface area contributed by atoms with Crippen molar-refractivity contribution in [1.82, 2.24) is 10.6 Å². The van der Waals surface area contributed by atoms with E-state index in [0.717, 1.165) is 18.9 Å². The van der Waals surface area contributed by atoms with Gasteiger partial charge in [0.15, 0.2) is 5.96 Å². The molecular weight excluding hydrogens is 190 g/mol. The Balaban J connectivity index is 3.74. The van der Waals surface area contributed by atoms with Crippen LogP contribution in [0.15, 0.2) is 4.99 Å². The summed E-state index contributed by atoms with van der Waals surface area (Å²) >= 11 is 0. The van der Waals surface area contributed by atoms with Crippen LogP contribution in [0.25, 0.3) is 0 Å². The molecule has 4 nitrogen and oxygen atoms in total. The van der Waals surface area contributed by atoms with E-state index in [2.05, 4.69) is 36.4 Å². The number of nitrogens with one attached hydrogen (secondary N) is 2. The maximum Gasteiger partial charge on any atom is 0.191 e. The van der Waals surface area contributed by atoms with E-state index < -0.39 is 0 Å². The van der Waals surface area contributed by atoms with Crippen molar-refractivity contribution in [3.63, 3.8) is 0 Å². The Hall–Kier alpha value is -0.770. The van der Waals surface area contributed by atoms with Crippen molar-refractivity contribution in [2.45, 2.75) is 33.2 Å². The number of hydrogen-bond acceptors (Lipinski definition) is 2. The molecule has 1 atom stereocenters. The lowest BCUT2D eigenvalue weighted by Crippen LogP contribution is -2.44. The third-order valence-corrected chi connectivity index (χ3v) is 2.04. The molecule has 0 aromatic carbocycles. The van der Waals surface area contributed by atoms with Crippen LogP contribution in [0.2, 0.25) is 0 Å². The Morgan fingerprint density at radius 2 is 2.00 bits per heavy atom. The molecule has 0 aliphatic rings. The Morgan fingerprint density at radius 1 is 1.33 bits per heavy atom. The highest BCUT2D eigenvalue weighted by atomic mass is 16.5. The van der Waals surface area contributed by atoms with E-state index in [9.17, 15) is 0 Å². The van der Waals surface area contributed by atoms with E-state index in [4.69, 9.17) is 4.74 Å². The lowest BCUT2D eigenvalue weighted by atomic mass is 10.1. The van der Waals surface area contributed by atoms with Gasteiger partial charge in [-0.2, -0.15) is 0 Å². The molecule has 0 aromatic rings. The minimum atomic E-state index is 0.278. The van der Waals surface area contributed by atoms with E-state index in [-0.39, 0.29) is 6.04 Å². The van der Waals surface area contributed by atoms with Gasteiger partial charge in [-0.3, -0.25) is 4.99 Å². The smallest absolute Gasteiger partial charge is 0.191 e. The second kappa shape index (κ2) is 8.53. The number of aliphatic imine (C=N–C) groups is 1. The summed E-state index contributed by atoms with van der Waals surface area (Å²) < 4.78 is 5.05. The third kappa shape index (κ3) is 8.24. The van der Waals surface area contributed by atoms with Crippen molar-refractivity contribution in [3.05, 3.63) is 0 Å². The fraction of sp³-hybridized carbons (Fsp3) is 0.909. The van der Waals surface area contributed by atoms with Gasteiger partial charge in [0, 0.05) is 26.7 Å². The monoisotopic (exact) mass is 215 g/mol. The molecule has 4 heteroatoms. The van der Waals surface area contributed by atoms with Crippen LogP contribution in [0.1, 0.15) is 27.2 Å². The Kier molecular flexibility index (Phi) is 8.09. The third-order valence-electron chi connectivity index (χ3n) is 2.04. The normalized spacial score (nSPS) is 14.1. The molecule has 0 amide bonds. The zero-order valence-electron chi connectivity index (χ0n) is 10.6. The molecule has 0 aliphatic heterocycles. The van der Waals surface area contributed by atoms with Gasteiger partial charge >= 0.3 is 0 Å². The van der Waals surface area contributed by atoms with Crippen LogP contribution in [-0.4, -0.2) is 39.3 Å². The summed E-state index contributed by atoms with van der Waals surface area (Å²) in [6, 6.07) is 0.278. The van der Waals surface area contributed by atoms with E-state index in [0.29, 0.717) is 12.5 Å². The molecule has 0 bridgehead atoms. The quantitative estimate of drug-likeness (QED) is 0.517. The van der Waals surface area contributed by atoms with Crippen molar-refractivity contribution < 1.29 is 4.74 Å². The van der Waals surface area contributed by atoms with Crippen molar-refractivity contribution in [1.29, 1.82) is 0 Å². The lowest BCUT2D eigenvalue weighted by Gasteiger charge is -2.17. The predicted octanol–water partition coefficient (Wildman–Crippen LogP) is 1.23. The first-order valence-corrected chi connectivity index (χ1v) is 5.56. The Bertz CT molecular complexity index is 181. The minimum absolute atomic E-state index is 0.278. The topological polar surface area (TPSA) is 45.7 Å². The van der Waals surface area contributed by atoms with Gasteiger partial charge in [0.25, 0.3) is 0 Å². The summed E-state index contributed by atoms with van der Waals surface area (Å²) in [6.07, 6.45) is 1.15. The molecular formula is C11H25N3O. The van der Waals surface area contributed by atoms with Crippen LogP contribution in [0.3, 0.4) is 0 Å². The maximum atomic E-state index is 5.05. The highest BCUT2D eigenvalue weighted by Crippen LogP contribution is 1.96. The first-order chi connectivity index (χ1) is 7.10. The summed E-state index contributed by atoms with van der Waals surface area (Å²) in [7, 11) is 3.48. The Labute approximate surface area is 93.5 Å². The SMILES string of the molecule is CN=C(NCCC(C)C)NC(C)COC. The van der Waals surface area contributed by atoms with E-state index in [1.807, 2.05) is 0 Å². The number of methoxy groups -OCH3 is 1. The minimum Gasteiger partial charge on any atom is -0.383 e. The van der Waals surface area contributed by atoms with Crippen molar-refractivity contribution >= 4 is 5.96 Å². The second-order valence-corrected chi connectivity index (χ2v) is 4.18. The zero-order chi connectivity index (χ0) is 11.7. The Morgan fingerprint density at radius 3 is 2.47 bits per heavy atom. The van der Waals surface area contributed by atoms with E-state index >= 15 is 0 Å². The molecule has 2 N–H and O–H groups in total. The molecule has 0 fully saturated rings. The highest BCUT2D eigenvalue weighted by Gasteiger charge is 2.03. The molecule has 0 spiro atoms. The van der Waals surface area contributed by atoms with Gasteiger partial charge in [-0.15, -0.1) is 0 Å². The molecule has 90 valence electrons. The van der Waals surface area contributed by atoms with Gasteiger partial charge in [-0.1, -0.05) is 13.8 Å². The number of guanidine groups is 1. The fourth-order valence-electron chi connectivity index (χ4n) is 1.20. The largest absolute Gasteiger partial charge is 0.383 e. The average Bonchev–Trinajstić information content (AvgIpc) is 2.16. The van der Waals surface area contributed by atoms with Crippen molar-refractivity contribution in [3.8, 4) is 0 Å². The first-order valence-electron chi connectivity index (χ1n) is 5.56. The number of rotatable bonds is 6. The number of ether oxygens (including phenoxy) is 1. The number of nitrogens with zero attached hydrogens (tertiary/aromatic N) is 1. The van der Waals surface area contributed by atoms with Crippen molar-refractivity contribution in [2.24, 2.45) is 10.9 Å². The standard InChI is InChI=1S/C11H25N3O/c1-9(2)6-7-13-11(12-4)14-10(3)8-15-5/h9-10H,6-8H2,1-5H3,(H2,12,13,14). The summed E-state index contributed by atoms with van der Waals surface area (Å²) in [5, 5.41) is 6.53.